The largest absolute Gasteiger partial charge is 0.468 e. The maximum atomic E-state index is 11.8. The molecule has 0 heterocycles. The fourth-order valence-corrected chi connectivity index (χ4v) is 1.32. The SMILES string of the molecule is COC(=O)CN[C@H](C(=O)NCCC(N)=O)C(C)C. The third kappa shape index (κ3) is 6.85. The zero-order chi connectivity index (χ0) is 14.1. The number of amides is 2. The topological polar surface area (TPSA) is 111 Å². The van der Waals surface area contributed by atoms with Crippen LogP contribution in [0.4, 0.5) is 0 Å². The van der Waals surface area contributed by atoms with Crippen molar-refractivity contribution in [1.29, 1.82) is 0 Å². The van der Waals surface area contributed by atoms with Crippen LogP contribution in [-0.2, 0) is 19.1 Å². The maximum Gasteiger partial charge on any atom is 0.319 e. The minimum atomic E-state index is -0.517. The molecule has 7 heteroatoms. The van der Waals surface area contributed by atoms with Crippen LogP contribution in [0.1, 0.15) is 20.3 Å². The Morgan fingerprint density at radius 2 is 1.89 bits per heavy atom. The highest BCUT2D eigenvalue weighted by atomic mass is 16.5. The molecule has 0 aliphatic carbocycles. The number of primary amides is 1. The molecule has 18 heavy (non-hydrogen) atoms. The summed E-state index contributed by atoms with van der Waals surface area (Å²) in [5, 5.41) is 5.39. The van der Waals surface area contributed by atoms with Crippen molar-refractivity contribution in [2.75, 3.05) is 20.2 Å². The first-order valence-corrected chi connectivity index (χ1v) is 5.74. The summed E-state index contributed by atoms with van der Waals surface area (Å²) in [6, 6.07) is -0.517. The molecule has 0 rings (SSSR count). The van der Waals surface area contributed by atoms with Crippen LogP contribution in [0, 0.1) is 5.92 Å². The first-order valence-electron chi connectivity index (χ1n) is 5.74. The average molecular weight is 259 g/mol. The van der Waals surface area contributed by atoms with E-state index in [-0.39, 0.29) is 31.3 Å². The summed E-state index contributed by atoms with van der Waals surface area (Å²) in [6.07, 6.45) is 0.0908. The van der Waals surface area contributed by atoms with Crippen LogP contribution in [0.5, 0.6) is 0 Å². The van der Waals surface area contributed by atoms with E-state index in [1.807, 2.05) is 13.8 Å². The second-order valence-electron chi connectivity index (χ2n) is 4.19. The van der Waals surface area contributed by atoms with Crippen LogP contribution < -0.4 is 16.4 Å². The zero-order valence-electron chi connectivity index (χ0n) is 11.0. The van der Waals surface area contributed by atoms with E-state index in [2.05, 4.69) is 15.4 Å². The standard InChI is InChI=1S/C11H21N3O4/c1-7(2)10(14-6-9(16)18-3)11(17)13-5-4-8(12)15/h7,10,14H,4-6H2,1-3H3,(H2,12,15)(H,13,17)/t10-/m0/s1. The fraction of sp³-hybridized carbons (Fsp3) is 0.727. The van der Waals surface area contributed by atoms with Gasteiger partial charge in [-0.05, 0) is 5.92 Å². The Morgan fingerprint density at radius 3 is 2.33 bits per heavy atom. The normalized spacial score (nSPS) is 12.0. The van der Waals surface area contributed by atoms with E-state index in [1.54, 1.807) is 0 Å². The van der Waals surface area contributed by atoms with Crippen molar-refractivity contribution >= 4 is 17.8 Å². The number of esters is 1. The predicted molar refractivity (Wildman–Crippen MR) is 65.5 cm³/mol. The molecule has 1 atom stereocenters. The second-order valence-corrected chi connectivity index (χ2v) is 4.19. The number of nitrogens with one attached hydrogen (secondary N) is 2. The highest BCUT2D eigenvalue weighted by molar-refractivity contribution is 5.83. The number of nitrogens with two attached hydrogens (primary N) is 1. The van der Waals surface area contributed by atoms with Gasteiger partial charge in [-0.2, -0.15) is 0 Å². The quantitative estimate of drug-likeness (QED) is 0.472. The minimum Gasteiger partial charge on any atom is -0.468 e. The van der Waals surface area contributed by atoms with E-state index in [0.29, 0.717) is 0 Å². The Bertz CT molecular complexity index is 305. The molecule has 0 aliphatic heterocycles. The van der Waals surface area contributed by atoms with Crippen molar-refractivity contribution in [2.24, 2.45) is 11.7 Å². The van der Waals surface area contributed by atoms with Gasteiger partial charge in [-0.3, -0.25) is 19.7 Å². The van der Waals surface area contributed by atoms with Gasteiger partial charge < -0.3 is 15.8 Å². The average Bonchev–Trinajstić information content (AvgIpc) is 2.27. The minimum absolute atomic E-state index is 0.00299. The summed E-state index contributed by atoms with van der Waals surface area (Å²) in [5.41, 5.74) is 4.96. The molecule has 0 fully saturated rings. The summed E-state index contributed by atoms with van der Waals surface area (Å²) in [7, 11) is 1.28. The lowest BCUT2D eigenvalue weighted by atomic mass is 10.0. The molecule has 0 aromatic rings. The van der Waals surface area contributed by atoms with Gasteiger partial charge in [-0.15, -0.1) is 0 Å². The first kappa shape index (κ1) is 16.4. The molecular weight excluding hydrogens is 238 g/mol. The van der Waals surface area contributed by atoms with Crippen LogP contribution in [0.25, 0.3) is 0 Å². The smallest absolute Gasteiger partial charge is 0.319 e. The number of carbonyl (C=O) groups excluding carboxylic acids is 3. The third-order valence-corrected chi connectivity index (χ3v) is 2.31. The van der Waals surface area contributed by atoms with Gasteiger partial charge in [0.25, 0.3) is 0 Å². The molecule has 0 spiro atoms. The molecular formula is C11H21N3O4. The lowest BCUT2D eigenvalue weighted by Crippen LogP contribution is -2.49. The van der Waals surface area contributed by atoms with E-state index in [4.69, 9.17) is 5.73 Å². The van der Waals surface area contributed by atoms with Gasteiger partial charge in [-0.1, -0.05) is 13.8 Å². The second kappa shape index (κ2) is 8.46. The summed E-state index contributed by atoms with van der Waals surface area (Å²) >= 11 is 0. The number of hydrogen-bond donors (Lipinski definition) is 3. The fourth-order valence-electron chi connectivity index (χ4n) is 1.32. The summed E-state index contributed by atoms with van der Waals surface area (Å²) in [6.45, 7) is 3.85. The molecule has 0 aliphatic rings. The molecule has 0 bridgehead atoms. The van der Waals surface area contributed by atoms with E-state index >= 15 is 0 Å². The Kier molecular flexibility index (Phi) is 7.69. The Balaban J connectivity index is 4.19. The molecule has 0 aromatic heterocycles. The van der Waals surface area contributed by atoms with Crippen molar-refractivity contribution in [1.82, 2.24) is 10.6 Å². The van der Waals surface area contributed by atoms with Crippen molar-refractivity contribution in [3.05, 3.63) is 0 Å². The van der Waals surface area contributed by atoms with Gasteiger partial charge in [-0.25, -0.2) is 0 Å². The van der Waals surface area contributed by atoms with Crippen LogP contribution in [-0.4, -0.2) is 44.0 Å². The van der Waals surface area contributed by atoms with Gasteiger partial charge in [0.2, 0.25) is 11.8 Å². The van der Waals surface area contributed by atoms with E-state index < -0.39 is 17.9 Å². The van der Waals surface area contributed by atoms with Crippen molar-refractivity contribution in [2.45, 2.75) is 26.3 Å². The molecule has 0 radical (unpaired) electrons. The first-order chi connectivity index (χ1) is 8.38. The summed E-state index contributed by atoms with van der Waals surface area (Å²) in [5.74, 6) is -1.18. The third-order valence-electron chi connectivity index (χ3n) is 2.31. The molecule has 0 unspecified atom stereocenters. The van der Waals surface area contributed by atoms with Gasteiger partial charge in [0.05, 0.1) is 19.7 Å². The highest BCUT2D eigenvalue weighted by Crippen LogP contribution is 2.01. The van der Waals surface area contributed by atoms with Crippen LogP contribution in [0.15, 0.2) is 0 Å². The number of carbonyl (C=O) groups is 3. The number of hydrogen-bond acceptors (Lipinski definition) is 5. The Morgan fingerprint density at radius 1 is 1.28 bits per heavy atom. The molecule has 104 valence electrons. The highest BCUT2D eigenvalue weighted by Gasteiger charge is 2.22. The van der Waals surface area contributed by atoms with Gasteiger partial charge in [0.15, 0.2) is 0 Å². The lowest BCUT2D eigenvalue weighted by molar-refractivity contribution is -0.139. The van der Waals surface area contributed by atoms with Crippen LogP contribution in [0.2, 0.25) is 0 Å². The van der Waals surface area contributed by atoms with Crippen molar-refractivity contribution < 1.29 is 19.1 Å². The van der Waals surface area contributed by atoms with Crippen molar-refractivity contribution in [3.63, 3.8) is 0 Å². The van der Waals surface area contributed by atoms with E-state index in [1.165, 1.54) is 7.11 Å². The molecule has 2 amide bonds. The molecule has 0 aromatic carbocycles. The molecule has 0 saturated heterocycles. The van der Waals surface area contributed by atoms with Crippen molar-refractivity contribution in [3.8, 4) is 0 Å². The predicted octanol–water partition coefficient (Wildman–Crippen LogP) is -1.23. The number of methoxy groups -OCH3 is 1. The monoisotopic (exact) mass is 259 g/mol. The van der Waals surface area contributed by atoms with Crippen LogP contribution in [0.3, 0.4) is 0 Å². The number of ether oxygens (including phenoxy) is 1. The van der Waals surface area contributed by atoms with Gasteiger partial charge >= 0.3 is 5.97 Å². The summed E-state index contributed by atoms with van der Waals surface area (Å²) < 4.78 is 4.48. The Labute approximate surface area is 106 Å². The van der Waals surface area contributed by atoms with Crippen LogP contribution >= 0.6 is 0 Å². The summed E-state index contributed by atoms with van der Waals surface area (Å²) in [4.78, 5) is 33.3. The van der Waals surface area contributed by atoms with Gasteiger partial charge in [0, 0.05) is 13.0 Å². The zero-order valence-corrected chi connectivity index (χ0v) is 11.0. The molecule has 0 saturated carbocycles. The maximum absolute atomic E-state index is 11.8. The molecule has 4 N–H and O–H groups in total. The lowest BCUT2D eigenvalue weighted by Gasteiger charge is -2.21. The van der Waals surface area contributed by atoms with E-state index in [9.17, 15) is 14.4 Å². The van der Waals surface area contributed by atoms with E-state index in [0.717, 1.165) is 0 Å². The number of rotatable bonds is 8. The molecule has 7 nitrogen and oxygen atoms in total. The Hall–Kier alpha value is -1.63. The van der Waals surface area contributed by atoms with Gasteiger partial charge in [0.1, 0.15) is 0 Å².